The summed E-state index contributed by atoms with van der Waals surface area (Å²) in [5, 5.41) is 7.59. The summed E-state index contributed by atoms with van der Waals surface area (Å²) >= 11 is 0. The Kier molecular flexibility index (Phi) is 4.45. The van der Waals surface area contributed by atoms with Gasteiger partial charge in [-0.2, -0.15) is 0 Å². The van der Waals surface area contributed by atoms with Crippen LogP contribution >= 0.6 is 10.7 Å². The zero-order valence-electron chi connectivity index (χ0n) is 11.3. The maximum Gasteiger partial charge on any atom is 0.296 e. The standard InChI is InChI=1S/C13H16ClN3O2S/c1-3-9-17-12(15-16-13(17)20(14,18)19)10(2)11-7-5-4-6-8-11/h4-8,10H,3,9H2,1-2H3. The van der Waals surface area contributed by atoms with Crippen LogP contribution in [0.5, 0.6) is 0 Å². The largest absolute Gasteiger partial charge is 0.300 e. The van der Waals surface area contributed by atoms with Gasteiger partial charge in [0.25, 0.3) is 14.2 Å². The minimum Gasteiger partial charge on any atom is -0.300 e. The van der Waals surface area contributed by atoms with Gasteiger partial charge in [-0.05, 0) is 12.0 Å². The molecule has 0 fully saturated rings. The van der Waals surface area contributed by atoms with Gasteiger partial charge in [-0.25, -0.2) is 8.42 Å². The van der Waals surface area contributed by atoms with Crippen LogP contribution in [-0.2, 0) is 15.6 Å². The topological polar surface area (TPSA) is 64.8 Å². The smallest absolute Gasteiger partial charge is 0.296 e. The maximum atomic E-state index is 11.5. The summed E-state index contributed by atoms with van der Waals surface area (Å²) in [6, 6.07) is 9.76. The van der Waals surface area contributed by atoms with Crippen molar-refractivity contribution in [3.05, 3.63) is 41.7 Å². The highest BCUT2D eigenvalue weighted by atomic mass is 35.7. The summed E-state index contributed by atoms with van der Waals surface area (Å²) in [5.41, 5.74) is 1.05. The van der Waals surface area contributed by atoms with E-state index in [2.05, 4.69) is 10.2 Å². The molecule has 0 saturated carbocycles. The van der Waals surface area contributed by atoms with E-state index in [4.69, 9.17) is 10.7 Å². The molecule has 2 rings (SSSR count). The minimum absolute atomic E-state index is 0.0533. The number of hydrogen-bond acceptors (Lipinski definition) is 4. The van der Waals surface area contributed by atoms with Gasteiger partial charge in [0.2, 0.25) is 0 Å². The van der Waals surface area contributed by atoms with Gasteiger partial charge < -0.3 is 4.57 Å². The van der Waals surface area contributed by atoms with Crippen molar-refractivity contribution in [3.8, 4) is 0 Å². The van der Waals surface area contributed by atoms with Crippen molar-refractivity contribution >= 4 is 19.7 Å². The van der Waals surface area contributed by atoms with Crippen molar-refractivity contribution in [1.82, 2.24) is 14.8 Å². The highest BCUT2D eigenvalue weighted by Gasteiger charge is 2.25. The Labute approximate surface area is 123 Å². The zero-order valence-corrected chi connectivity index (χ0v) is 12.9. The van der Waals surface area contributed by atoms with Crippen LogP contribution in [0, 0.1) is 0 Å². The van der Waals surface area contributed by atoms with Crippen LogP contribution < -0.4 is 0 Å². The van der Waals surface area contributed by atoms with Crippen LogP contribution in [0.2, 0.25) is 0 Å². The molecule has 7 heteroatoms. The average Bonchev–Trinajstić information content (AvgIpc) is 2.83. The van der Waals surface area contributed by atoms with E-state index in [1.165, 1.54) is 0 Å². The first-order valence-corrected chi connectivity index (χ1v) is 8.68. The number of aromatic nitrogens is 3. The summed E-state index contributed by atoms with van der Waals surface area (Å²) in [6.45, 7) is 4.44. The first-order chi connectivity index (χ1) is 9.45. The minimum atomic E-state index is -3.89. The second kappa shape index (κ2) is 5.93. The van der Waals surface area contributed by atoms with Crippen molar-refractivity contribution in [2.24, 2.45) is 0 Å². The zero-order chi connectivity index (χ0) is 14.8. The van der Waals surface area contributed by atoms with Crippen LogP contribution in [0.15, 0.2) is 35.5 Å². The van der Waals surface area contributed by atoms with Crippen molar-refractivity contribution in [2.75, 3.05) is 0 Å². The third kappa shape index (κ3) is 3.02. The molecule has 1 aromatic heterocycles. The summed E-state index contributed by atoms with van der Waals surface area (Å²) < 4.78 is 24.7. The Morgan fingerprint density at radius 1 is 1.25 bits per heavy atom. The Morgan fingerprint density at radius 2 is 1.90 bits per heavy atom. The third-order valence-electron chi connectivity index (χ3n) is 3.10. The molecule has 0 aliphatic carbocycles. The number of benzene rings is 1. The van der Waals surface area contributed by atoms with E-state index in [1.54, 1.807) is 4.57 Å². The second-order valence-electron chi connectivity index (χ2n) is 4.56. The normalized spacial score (nSPS) is 13.3. The molecule has 5 nitrogen and oxygen atoms in total. The molecule has 0 aliphatic rings. The molecule has 0 radical (unpaired) electrons. The fraction of sp³-hybridized carbons (Fsp3) is 0.385. The summed E-state index contributed by atoms with van der Waals surface area (Å²) in [6.07, 6.45) is 0.770. The van der Waals surface area contributed by atoms with Gasteiger partial charge in [0.05, 0.1) is 0 Å². The molecule has 1 heterocycles. The maximum absolute atomic E-state index is 11.5. The molecule has 0 aliphatic heterocycles. The molecule has 2 aromatic rings. The van der Waals surface area contributed by atoms with E-state index >= 15 is 0 Å². The van der Waals surface area contributed by atoms with E-state index in [0.717, 1.165) is 12.0 Å². The number of hydrogen-bond donors (Lipinski definition) is 0. The Morgan fingerprint density at radius 3 is 2.45 bits per heavy atom. The molecule has 108 valence electrons. The molecule has 1 atom stereocenters. The molecule has 0 spiro atoms. The van der Waals surface area contributed by atoms with E-state index in [-0.39, 0.29) is 11.1 Å². The third-order valence-corrected chi connectivity index (χ3v) is 4.25. The molecule has 1 unspecified atom stereocenters. The highest BCUT2D eigenvalue weighted by Crippen LogP contribution is 2.25. The molecule has 1 aromatic carbocycles. The van der Waals surface area contributed by atoms with Gasteiger partial charge in [0, 0.05) is 23.1 Å². The van der Waals surface area contributed by atoms with Gasteiger partial charge in [0.15, 0.2) is 0 Å². The van der Waals surface area contributed by atoms with Crippen LogP contribution in [0.3, 0.4) is 0 Å². The molecular formula is C13H16ClN3O2S. The lowest BCUT2D eigenvalue weighted by Gasteiger charge is -2.13. The van der Waals surface area contributed by atoms with Gasteiger partial charge >= 0.3 is 0 Å². The number of rotatable bonds is 5. The Balaban J connectivity index is 2.50. The van der Waals surface area contributed by atoms with Crippen LogP contribution in [0.4, 0.5) is 0 Å². The fourth-order valence-electron chi connectivity index (χ4n) is 2.13. The molecule has 0 amide bonds. The Bertz CT molecular complexity index is 683. The van der Waals surface area contributed by atoms with Gasteiger partial charge in [0.1, 0.15) is 5.82 Å². The molecule has 20 heavy (non-hydrogen) atoms. The lowest BCUT2D eigenvalue weighted by molar-refractivity contribution is 0.550. The molecule has 0 N–H and O–H groups in total. The second-order valence-corrected chi connectivity index (χ2v) is 7.02. The number of nitrogens with zero attached hydrogens (tertiary/aromatic N) is 3. The van der Waals surface area contributed by atoms with Crippen molar-refractivity contribution in [3.63, 3.8) is 0 Å². The van der Waals surface area contributed by atoms with Crippen LogP contribution in [0.1, 0.15) is 37.6 Å². The summed E-state index contributed by atoms with van der Waals surface area (Å²) in [4.78, 5) is 0. The predicted molar refractivity (Wildman–Crippen MR) is 77.3 cm³/mol. The van der Waals surface area contributed by atoms with Gasteiger partial charge in [-0.3, -0.25) is 0 Å². The molecule has 0 bridgehead atoms. The quantitative estimate of drug-likeness (QED) is 0.796. The van der Waals surface area contributed by atoms with Crippen molar-refractivity contribution < 1.29 is 8.42 Å². The Hall–Kier alpha value is -1.40. The van der Waals surface area contributed by atoms with Crippen molar-refractivity contribution in [1.29, 1.82) is 0 Å². The van der Waals surface area contributed by atoms with E-state index in [9.17, 15) is 8.42 Å². The summed E-state index contributed by atoms with van der Waals surface area (Å²) in [7, 11) is 1.52. The average molecular weight is 314 g/mol. The van der Waals surface area contributed by atoms with Crippen LogP contribution in [0.25, 0.3) is 0 Å². The monoisotopic (exact) mass is 313 g/mol. The molecule has 0 saturated heterocycles. The predicted octanol–water partition coefficient (Wildman–Crippen LogP) is 2.77. The first kappa shape index (κ1) is 15.0. The molecular weight excluding hydrogens is 298 g/mol. The van der Waals surface area contributed by atoms with Crippen LogP contribution in [-0.4, -0.2) is 23.2 Å². The lowest BCUT2D eigenvalue weighted by atomic mass is 10.0. The van der Waals surface area contributed by atoms with Gasteiger partial charge in [-0.1, -0.05) is 44.2 Å². The van der Waals surface area contributed by atoms with Gasteiger partial charge in [-0.15, -0.1) is 10.2 Å². The van der Waals surface area contributed by atoms with E-state index in [0.29, 0.717) is 12.4 Å². The van der Waals surface area contributed by atoms with E-state index in [1.807, 2.05) is 44.2 Å². The lowest BCUT2D eigenvalue weighted by Crippen LogP contribution is -2.12. The SMILES string of the molecule is CCCn1c(C(C)c2ccccc2)nnc1S(=O)(=O)Cl. The number of halogens is 1. The highest BCUT2D eigenvalue weighted by molar-refractivity contribution is 8.13. The first-order valence-electron chi connectivity index (χ1n) is 6.37. The summed E-state index contributed by atoms with van der Waals surface area (Å²) in [5.74, 6) is 0.555. The van der Waals surface area contributed by atoms with E-state index < -0.39 is 9.05 Å². The fourth-order valence-corrected chi connectivity index (χ4v) is 3.05. The van der Waals surface area contributed by atoms with Crippen molar-refractivity contribution in [2.45, 2.75) is 37.9 Å².